The number of carbonyl (C=O) groups is 1. The molecule has 2 N–H and O–H groups in total. The highest BCUT2D eigenvalue weighted by Crippen LogP contribution is 2.43. The molecule has 0 aromatic rings. The number of carbonyl (C=O) groups excluding carboxylic acids is 1. The van der Waals surface area contributed by atoms with Gasteiger partial charge < -0.3 is 15.5 Å². The lowest BCUT2D eigenvalue weighted by molar-refractivity contribution is -0.216. The third-order valence-corrected chi connectivity index (χ3v) is 5.11. The third kappa shape index (κ3) is 2.20. The van der Waals surface area contributed by atoms with Gasteiger partial charge in [0.15, 0.2) is 5.41 Å². The molecule has 2 atom stereocenters. The molecule has 4 nitrogen and oxygen atoms in total. The molecular weight excluding hydrogens is 271 g/mol. The fourth-order valence-electron chi connectivity index (χ4n) is 3.69. The van der Waals surface area contributed by atoms with Gasteiger partial charge >= 0.3 is 6.18 Å². The van der Waals surface area contributed by atoms with Crippen molar-refractivity contribution in [3.63, 3.8) is 0 Å². The van der Waals surface area contributed by atoms with Crippen LogP contribution < -0.4 is 10.6 Å². The Bertz CT molecular complexity index is 385. The lowest BCUT2D eigenvalue weighted by Crippen LogP contribution is -2.61. The van der Waals surface area contributed by atoms with Crippen molar-refractivity contribution >= 4 is 5.91 Å². The molecule has 4 heterocycles. The Kier molecular flexibility index (Phi) is 3.44. The van der Waals surface area contributed by atoms with E-state index in [0.29, 0.717) is 12.5 Å². The minimum absolute atomic E-state index is 0.121. The maximum atomic E-state index is 13.3. The highest BCUT2D eigenvalue weighted by Gasteiger charge is 2.61. The maximum absolute atomic E-state index is 13.3. The van der Waals surface area contributed by atoms with Crippen LogP contribution in [-0.2, 0) is 4.79 Å². The maximum Gasteiger partial charge on any atom is 0.404 e. The largest absolute Gasteiger partial charge is 0.404 e. The number of rotatable bonds is 2. The van der Waals surface area contributed by atoms with Gasteiger partial charge in [0.25, 0.3) is 0 Å². The molecule has 4 rings (SSSR count). The summed E-state index contributed by atoms with van der Waals surface area (Å²) in [7, 11) is 0. The van der Waals surface area contributed by atoms with Gasteiger partial charge in [-0.1, -0.05) is 0 Å². The van der Waals surface area contributed by atoms with Gasteiger partial charge in [-0.25, -0.2) is 0 Å². The molecule has 0 aromatic carbocycles. The van der Waals surface area contributed by atoms with E-state index in [-0.39, 0.29) is 25.6 Å². The van der Waals surface area contributed by atoms with Crippen molar-refractivity contribution < 1.29 is 18.0 Å². The molecule has 2 unspecified atom stereocenters. The number of nitrogens with zero attached hydrogens (tertiary/aromatic N) is 1. The number of halogens is 3. The molecule has 20 heavy (non-hydrogen) atoms. The number of amides is 1. The van der Waals surface area contributed by atoms with Crippen LogP contribution in [0.2, 0.25) is 0 Å². The van der Waals surface area contributed by atoms with Gasteiger partial charge in [0.1, 0.15) is 0 Å². The van der Waals surface area contributed by atoms with Crippen molar-refractivity contribution in [3.05, 3.63) is 0 Å². The van der Waals surface area contributed by atoms with E-state index >= 15 is 0 Å². The lowest BCUT2D eigenvalue weighted by Gasteiger charge is -2.45. The van der Waals surface area contributed by atoms with Gasteiger partial charge in [-0.2, -0.15) is 13.2 Å². The van der Waals surface area contributed by atoms with Gasteiger partial charge in [0, 0.05) is 19.1 Å². The molecule has 0 aliphatic carbocycles. The monoisotopic (exact) mass is 291 g/mol. The molecule has 4 aliphatic rings. The summed E-state index contributed by atoms with van der Waals surface area (Å²) in [6, 6.07) is -0.121. The fraction of sp³-hybridized carbons (Fsp3) is 0.923. The van der Waals surface area contributed by atoms with Crippen LogP contribution in [-0.4, -0.2) is 55.7 Å². The third-order valence-electron chi connectivity index (χ3n) is 5.11. The van der Waals surface area contributed by atoms with E-state index in [2.05, 4.69) is 15.5 Å². The van der Waals surface area contributed by atoms with E-state index in [1.807, 2.05) is 0 Å². The quantitative estimate of drug-likeness (QED) is 0.789. The van der Waals surface area contributed by atoms with Crippen LogP contribution >= 0.6 is 0 Å². The first-order valence-electron chi connectivity index (χ1n) is 7.23. The molecule has 0 saturated carbocycles. The highest BCUT2D eigenvalue weighted by atomic mass is 19.4. The molecular formula is C13H20F3N3O. The summed E-state index contributed by atoms with van der Waals surface area (Å²) in [5.41, 5.74) is -2.24. The zero-order valence-electron chi connectivity index (χ0n) is 11.3. The van der Waals surface area contributed by atoms with Crippen molar-refractivity contribution in [1.82, 2.24) is 15.5 Å². The second-order valence-corrected chi connectivity index (χ2v) is 6.22. The predicted molar refractivity (Wildman–Crippen MR) is 67.1 cm³/mol. The molecule has 7 heteroatoms. The molecule has 114 valence electrons. The second-order valence-electron chi connectivity index (χ2n) is 6.22. The molecule has 4 saturated heterocycles. The average Bonchev–Trinajstić information content (AvgIpc) is 2.90. The number of piperidine rings is 3. The highest BCUT2D eigenvalue weighted by molar-refractivity contribution is 5.84. The minimum Gasteiger partial charge on any atom is -0.351 e. The molecule has 0 radical (unpaired) electrons. The number of nitrogens with one attached hydrogen (secondary N) is 2. The Balaban J connectivity index is 1.72. The first kappa shape index (κ1) is 14.1. The van der Waals surface area contributed by atoms with Crippen molar-refractivity contribution in [2.45, 2.75) is 31.5 Å². The summed E-state index contributed by atoms with van der Waals surface area (Å²) in [5.74, 6) is -0.502. The molecule has 0 aromatic heterocycles. The Morgan fingerprint density at radius 2 is 2.00 bits per heavy atom. The van der Waals surface area contributed by atoms with Crippen LogP contribution in [0.3, 0.4) is 0 Å². The SMILES string of the molecule is O=C(NC1CN2CCC1CC2)C1(C(F)(F)F)CCNC1. The average molecular weight is 291 g/mol. The Morgan fingerprint density at radius 1 is 1.30 bits per heavy atom. The Morgan fingerprint density at radius 3 is 2.45 bits per heavy atom. The lowest BCUT2D eigenvalue weighted by atomic mass is 9.81. The van der Waals surface area contributed by atoms with E-state index in [9.17, 15) is 18.0 Å². The number of hydrogen-bond acceptors (Lipinski definition) is 3. The summed E-state index contributed by atoms with van der Waals surface area (Å²) in [4.78, 5) is 14.5. The summed E-state index contributed by atoms with van der Waals surface area (Å²) in [5, 5.41) is 5.38. The number of alkyl halides is 3. The van der Waals surface area contributed by atoms with Crippen LogP contribution in [0.5, 0.6) is 0 Å². The fourth-order valence-corrected chi connectivity index (χ4v) is 3.69. The van der Waals surface area contributed by atoms with Gasteiger partial charge in [-0.15, -0.1) is 0 Å². The van der Waals surface area contributed by atoms with Crippen molar-refractivity contribution in [2.24, 2.45) is 11.3 Å². The topological polar surface area (TPSA) is 44.4 Å². The summed E-state index contributed by atoms with van der Waals surface area (Å²) in [6.45, 7) is 2.64. The van der Waals surface area contributed by atoms with Crippen LogP contribution in [0.4, 0.5) is 13.2 Å². The normalized spacial score (nSPS) is 40.9. The van der Waals surface area contributed by atoms with Gasteiger partial charge in [-0.05, 0) is 44.8 Å². The Hall–Kier alpha value is -0.820. The van der Waals surface area contributed by atoms with Gasteiger partial charge in [-0.3, -0.25) is 4.79 Å². The van der Waals surface area contributed by atoms with E-state index in [0.717, 1.165) is 25.9 Å². The molecule has 0 spiro atoms. The van der Waals surface area contributed by atoms with Crippen LogP contribution in [0, 0.1) is 11.3 Å². The van der Waals surface area contributed by atoms with Crippen molar-refractivity contribution in [3.8, 4) is 0 Å². The number of hydrogen-bond donors (Lipinski definition) is 2. The van der Waals surface area contributed by atoms with Crippen molar-refractivity contribution in [2.75, 3.05) is 32.7 Å². The molecule has 1 amide bonds. The first-order chi connectivity index (χ1) is 9.42. The molecule has 4 fully saturated rings. The summed E-state index contributed by atoms with van der Waals surface area (Å²) < 4.78 is 39.9. The van der Waals surface area contributed by atoms with E-state index in [4.69, 9.17) is 0 Å². The van der Waals surface area contributed by atoms with Crippen LogP contribution in [0.15, 0.2) is 0 Å². The van der Waals surface area contributed by atoms with E-state index in [1.54, 1.807) is 0 Å². The molecule has 2 bridgehead atoms. The van der Waals surface area contributed by atoms with Gasteiger partial charge in [0.2, 0.25) is 5.91 Å². The smallest absolute Gasteiger partial charge is 0.351 e. The van der Waals surface area contributed by atoms with Crippen molar-refractivity contribution in [1.29, 1.82) is 0 Å². The van der Waals surface area contributed by atoms with E-state index in [1.165, 1.54) is 0 Å². The van der Waals surface area contributed by atoms with Crippen LogP contribution in [0.1, 0.15) is 19.3 Å². The Labute approximate surface area is 116 Å². The van der Waals surface area contributed by atoms with Gasteiger partial charge in [0.05, 0.1) is 0 Å². The first-order valence-corrected chi connectivity index (χ1v) is 7.23. The van der Waals surface area contributed by atoms with Crippen LogP contribution in [0.25, 0.3) is 0 Å². The summed E-state index contributed by atoms with van der Waals surface area (Å²) in [6.07, 6.45) is -2.71. The number of fused-ring (bicyclic) bond motifs is 3. The zero-order chi connectivity index (χ0) is 14.4. The summed E-state index contributed by atoms with van der Waals surface area (Å²) >= 11 is 0. The predicted octanol–water partition coefficient (Wildman–Crippen LogP) is 0.739. The second kappa shape index (κ2) is 4.87. The van der Waals surface area contributed by atoms with E-state index < -0.39 is 17.5 Å². The molecule has 4 aliphatic heterocycles. The zero-order valence-corrected chi connectivity index (χ0v) is 11.3. The minimum atomic E-state index is -4.49. The standard InChI is InChI=1S/C13H20F3N3O/c14-13(15,16)12(3-4-17-8-12)11(20)18-10-7-19-5-1-9(10)2-6-19/h9-10,17H,1-8H2,(H,18,20).